The van der Waals surface area contributed by atoms with Crippen LogP contribution in [0.3, 0.4) is 0 Å². The fraction of sp³-hybridized carbons (Fsp3) is 0.600. The van der Waals surface area contributed by atoms with Crippen molar-refractivity contribution in [3.05, 3.63) is 35.4 Å². The van der Waals surface area contributed by atoms with Crippen LogP contribution < -0.4 is 0 Å². The number of hydrogen-bond donors (Lipinski definition) is 0. The van der Waals surface area contributed by atoms with Crippen molar-refractivity contribution < 1.29 is 8.78 Å². The SMILES string of the molecule is CC(C)c1ccc([C@@H]2CCCC(F)(F)C2)cc1. The van der Waals surface area contributed by atoms with Crippen LogP contribution in [0.1, 0.15) is 62.5 Å². The van der Waals surface area contributed by atoms with Crippen LogP contribution in [-0.2, 0) is 0 Å². The van der Waals surface area contributed by atoms with Gasteiger partial charge in [-0.1, -0.05) is 38.1 Å². The molecule has 0 nitrogen and oxygen atoms in total. The highest BCUT2D eigenvalue weighted by atomic mass is 19.3. The average molecular weight is 238 g/mol. The predicted octanol–water partition coefficient (Wildman–Crippen LogP) is 5.10. The number of benzene rings is 1. The summed E-state index contributed by atoms with van der Waals surface area (Å²) in [6.45, 7) is 4.29. The molecule has 0 amide bonds. The van der Waals surface area contributed by atoms with E-state index in [2.05, 4.69) is 26.0 Å². The van der Waals surface area contributed by atoms with E-state index in [1.165, 1.54) is 5.56 Å². The minimum Gasteiger partial charge on any atom is -0.207 e. The van der Waals surface area contributed by atoms with Gasteiger partial charge in [0.05, 0.1) is 0 Å². The van der Waals surface area contributed by atoms with Gasteiger partial charge in [-0.15, -0.1) is 0 Å². The fourth-order valence-electron chi connectivity index (χ4n) is 2.61. The van der Waals surface area contributed by atoms with Gasteiger partial charge in [0.1, 0.15) is 0 Å². The van der Waals surface area contributed by atoms with E-state index in [0.717, 1.165) is 12.0 Å². The van der Waals surface area contributed by atoms with Crippen molar-refractivity contribution >= 4 is 0 Å². The molecule has 0 radical (unpaired) electrons. The molecular formula is C15H20F2. The van der Waals surface area contributed by atoms with Crippen LogP contribution in [0.5, 0.6) is 0 Å². The van der Waals surface area contributed by atoms with E-state index < -0.39 is 5.92 Å². The summed E-state index contributed by atoms with van der Waals surface area (Å²) in [5.41, 5.74) is 2.35. The molecular weight excluding hydrogens is 218 g/mol. The zero-order valence-corrected chi connectivity index (χ0v) is 10.5. The van der Waals surface area contributed by atoms with Gasteiger partial charge in [-0.05, 0) is 35.8 Å². The summed E-state index contributed by atoms with van der Waals surface area (Å²) in [5.74, 6) is -1.92. The van der Waals surface area contributed by atoms with Crippen LogP contribution >= 0.6 is 0 Å². The number of alkyl halides is 2. The zero-order chi connectivity index (χ0) is 12.5. The molecule has 2 heteroatoms. The Hall–Kier alpha value is -0.920. The van der Waals surface area contributed by atoms with Crippen molar-refractivity contribution in [2.45, 2.75) is 57.3 Å². The number of rotatable bonds is 2. The van der Waals surface area contributed by atoms with Crippen molar-refractivity contribution in [1.29, 1.82) is 0 Å². The summed E-state index contributed by atoms with van der Waals surface area (Å²) in [6.07, 6.45) is 1.63. The van der Waals surface area contributed by atoms with Gasteiger partial charge in [0.15, 0.2) is 0 Å². The summed E-state index contributed by atoms with van der Waals surface area (Å²) >= 11 is 0. The Kier molecular flexibility index (Phi) is 3.50. The van der Waals surface area contributed by atoms with Gasteiger partial charge >= 0.3 is 0 Å². The first-order valence-electron chi connectivity index (χ1n) is 6.45. The maximum atomic E-state index is 13.3. The van der Waals surface area contributed by atoms with Crippen LogP contribution in [-0.4, -0.2) is 5.92 Å². The van der Waals surface area contributed by atoms with E-state index in [1.54, 1.807) is 0 Å². The van der Waals surface area contributed by atoms with Gasteiger partial charge in [-0.3, -0.25) is 0 Å². The quantitative estimate of drug-likeness (QED) is 0.672. The first kappa shape index (κ1) is 12.5. The minimum atomic E-state index is -2.46. The van der Waals surface area contributed by atoms with Gasteiger partial charge in [0, 0.05) is 12.8 Å². The molecule has 1 aromatic carbocycles. The maximum Gasteiger partial charge on any atom is 0.248 e. The smallest absolute Gasteiger partial charge is 0.207 e. The molecule has 0 heterocycles. The second-order valence-corrected chi connectivity index (χ2v) is 5.47. The highest BCUT2D eigenvalue weighted by molar-refractivity contribution is 5.27. The Morgan fingerprint density at radius 2 is 1.82 bits per heavy atom. The lowest BCUT2D eigenvalue weighted by molar-refractivity contribution is -0.0408. The number of hydrogen-bond acceptors (Lipinski definition) is 0. The molecule has 1 aliphatic rings. The highest BCUT2D eigenvalue weighted by Gasteiger charge is 2.36. The Labute approximate surface area is 102 Å². The third kappa shape index (κ3) is 3.05. The highest BCUT2D eigenvalue weighted by Crippen LogP contribution is 2.41. The monoisotopic (exact) mass is 238 g/mol. The van der Waals surface area contributed by atoms with E-state index in [4.69, 9.17) is 0 Å². The van der Waals surface area contributed by atoms with Crippen molar-refractivity contribution in [3.8, 4) is 0 Å². The molecule has 1 saturated carbocycles. The molecule has 0 aromatic heterocycles. The summed E-state index contributed by atoms with van der Waals surface area (Å²) in [4.78, 5) is 0. The van der Waals surface area contributed by atoms with E-state index >= 15 is 0 Å². The summed E-state index contributed by atoms with van der Waals surface area (Å²) < 4.78 is 26.7. The van der Waals surface area contributed by atoms with Gasteiger partial charge < -0.3 is 0 Å². The van der Waals surface area contributed by atoms with Crippen molar-refractivity contribution in [3.63, 3.8) is 0 Å². The molecule has 0 saturated heterocycles. The molecule has 17 heavy (non-hydrogen) atoms. The van der Waals surface area contributed by atoms with E-state index in [-0.39, 0.29) is 18.8 Å². The van der Waals surface area contributed by atoms with E-state index in [9.17, 15) is 8.78 Å². The molecule has 94 valence electrons. The molecule has 0 N–H and O–H groups in total. The Bertz CT molecular complexity index is 365. The Morgan fingerprint density at radius 3 is 2.35 bits per heavy atom. The zero-order valence-electron chi connectivity index (χ0n) is 10.5. The Balaban J connectivity index is 2.12. The molecule has 0 unspecified atom stereocenters. The topological polar surface area (TPSA) is 0 Å². The van der Waals surface area contributed by atoms with Crippen molar-refractivity contribution in [1.82, 2.24) is 0 Å². The Morgan fingerprint density at radius 1 is 1.18 bits per heavy atom. The van der Waals surface area contributed by atoms with Gasteiger partial charge in [-0.2, -0.15) is 0 Å². The van der Waals surface area contributed by atoms with Gasteiger partial charge in [-0.25, -0.2) is 8.78 Å². The van der Waals surface area contributed by atoms with Gasteiger partial charge in [0.2, 0.25) is 5.92 Å². The molecule has 1 aliphatic carbocycles. The molecule has 1 atom stereocenters. The van der Waals surface area contributed by atoms with Crippen LogP contribution in [0.2, 0.25) is 0 Å². The third-order valence-corrected chi connectivity index (χ3v) is 3.71. The third-order valence-electron chi connectivity index (χ3n) is 3.71. The second-order valence-electron chi connectivity index (χ2n) is 5.47. The maximum absolute atomic E-state index is 13.3. The summed E-state index contributed by atoms with van der Waals surface area (Å²) in [5, 5.41) is 0. The minimum absolute atomic E-state index is 0.0219. The van der Waals surface area contributed by atoms with Crippen LogP contribution in [0.25, 0.3) is 0 Å². The van der Waals surface area contributed by atoms with Gasteiger partial charge in [0.25, 0.3) is 0 Å². The van der Waals surface area contributed by atoms with E-state index in [1.807, 2.05) is 12.1 Å². The first-order valence-corrected chi connectivity index (χ1v) is 6.45. The largest absolute Gasteiger partial charge is 0.248 e. The fourth-order valence-corrected chi connectivity index (χ4v) is 2.61. The van der Waals surface area contributed by atoms with Crippen LogP contribution in [0.15, 0.2) is 24.3 Å². The average Bonchev–Trinajstić information content (AvgIpc) is 2.28. The standard InChI is InChI=1S/C15H20F2/c1-11(2)12-5-7-13(8-6-12)14-4-3-9-15(16,17)10-14/h5-8,11,14H,3-4,9-10H2,1-2H3/t14-/m1/s1. The second kappa shape index (κ2) is 4.75. The molecule has 0 bridgehead atoms. The first-order chi connectivity index (χ1) is 7.98. The molecule has 0 aliphatic heterocycles. The lowest BCUT2D eigenvalue weighted by Gasteiger charge is -2.29. The summed E-state index contributed by atoms with van der Waals surface area (Å²) in [7, 11) is 0. The number of halogens is 2. The lowest BCUT2D eigenvalue weighted by atomic mass is 9.81. The van der Waals surface area contributed by atoms with Crippen LogP contribution in [0.4, 0.5) is 8.78 Å². The van der Waals surface area contributed by atoms with Crippen molar-refractivity contribution in [2.24, 2.45) is 0 Å². The normalized spacial score (nSPS) is 23.9. The predicted molar refractivity (Wildman–Crippen MR) is 66.7 cm³/mol. The van der Waals surface area contributed by atoms with E-state index in [0.29, 0.717) is 12.3 Å². The molecule has 1 fully saturated rings. The van der Waals surface area contributed by atoms with Crippen molar-refractivity contribution in [2.75, 3.05) is 0 Å². The van der Waals surface area contributed by atoms with Crippen LogP contribution in [0, 0.1) is 0 Å². The molecule has 2 rings (SSSR count). The molecule has 1 aromatic rings. The molecule has 0 spiro atoms. The lowest BCUT2D eigenvalue weighted by Crippen LogP contribution is -2.24. The summed E-state index contributed by atoms with van der Waals surface area (Å²) in [6, 6.07) is 8.21.